The summed E-state index contributed by atoms with van der Waals surface area (Å²) < 4.78 is 5.45. The van der Waals surface area contributed by atoms with Crippen molar-refractivity contribution in [3.05, 3.63) is 59.8 Å². The second kappa shape index (κ2) is 7.07. The summed E-state index contributed by atoms with van der Waals surface area (Å²) >= 11 is 0. The summed E-state index contributed by atoms with van der Waals surface area (Å²) in [6.07, 6.45) is 1.85. The molecule has 5 nitrogen and oxygen atoms in total. The number of ether oxygens (including phenoxy) is 1. The van der Waals surface area contributed by atoms with Gasteiger partial charge < -0.3 is 15.0 Å². The Hall–Kier alpha value is -2.66. The fraction of sp³-hybridized carbons (Fsp3) is 0.300. The molecule has 1 aliphatic rings. The minimum atomic E-state index is 0.700. The summed E-state index contributed by atoms with van der Waals surface area (Å²) in [5.41, 5.74) is 3.43. The highest BCUT2D eigenvalue weighted by molar-refractivity contribution is 5.83. The standard InChI is InChI=1S/C20H22N4O/c1-15-13-19(23-18-7-3-2-6-17(15)18)22-14-16-5-4-8-21-20(16)24-9-11-25-12-10-24/h2-8,13H,9-12,14H2,1H3,(H,22,23). The molecule has 1 fully saturated rings. The third kappa shape index (κ3) is 3.42. The van der Waals surface area contributed by atoms with Crippen LogP contribution in [0.5, 0.6) is 0 Å². The number of pyridine rings is 2. The number of aryl methyl sites for hydroxylation is 1. The van der Waals surface area contributed by atoms with E-state index in [-0.39, 0.29) is 0 Å². The van der Waals surface area contributed by atoms with E-state index in [1.807, 2.05) is 24.4 Å². The van der Waals surface area contributed by atoms with Crippen LogP contribution in [0.25, 0.3) is 10.9 Å². The molecule has 0 unspecified atom stereocenters. The molecule has 0 radical (unpaired) electrons. The van der Waals surface area contributed by atoms with E-state index in [1.165, 1.54) is 16.5 Å². The van der Waals surface area contributed by atoms with Crippen LogP contribution in [-0.4, -0.2) is 36.3 Å². The monoisotopic (exact) mass is 334 g/mol. The van der Waals surface area contributed by atoms with E-state index in [0.29, 0.717) is 6.54 Å². The number of benzene rings is 1. The molecule has 0 amide bonds. The van der Waals surface area contributed by atoms with Crippen LogP contribution in [-0.2, 0) is 11.3 Å². The van der Waals surface area contributed by atoms with E-state index < -0.39 is 0 Å². The first kappa shape index (κ1) is 15.8. The van der Waals surface area contributed by atoms with Gasteiger partial charge in [0.15, 0.2) is 0 Å². The molecule has 1 saturated heterocycles. The average molecular weight is 334 g/mol. The van der Waals surface area contributed by atoms with Gasteiger partial charge in [0.2, 0.25) is 0 Å². The number of anilines is 2. The zero-order valence-corrected chi connectivity index (χ0v) is 14.4. The number of para-hydroxylation sites is 1. The van der Waals surface area contributed by atoms with Crippen molar-refractivity contribution in [2.45, 2.75) is 13.5 Å². The lowest BCUT2D eigenvalue weighted by atomic mass is 10.1. The summed E-state index contributed by atoms with van der Waals surface area (Å²) in [5, 5.41) is 4.66. The number of morpholine rings is 1. The predicted octanol–water partition coefficient (Wildman–Crippen LogP) is 3.39. The zero-order valence-electron chi connectivity index (χ0n) is 14.4. The molecule has 0 spiro atoms. The Morgan fingerprint density at radius 1 is 1.12 bits per heavy atom. The number of rotatable bonds is 4. The summed E-state index contributed by atoms with van der Waals surface area (Å²) in [4.78, 5) is 11.6. The van der Waals surface area contributed by atoms with Crippen LogP contribution in [0.2, 0.25) is 0 Å². The van der Waals surface area contributed by atoms with Gasteiger partial charge in [0.1, 0.15) is 11.6 Å². The molecule has 1 aromatic carbocycles. The third-order valence-electron chi connectivity index (χ3n) is 4.56. The van der Waals surface area contributed by atoms with Crippen molar-refractivity contribution in [3.8, 4) is 0 Å². The highest BCUT2D eigenvalue weighted by Gasteiger charge is 2.15. The van der Waals surface area contributed by atoms with Crippen LogP contribution in [0.4, 0.5) is 11.6 Å². The molecule has 0 bridgehead atoms. The van der Waals surface area contributed by atoms with Crippen molar-refractivity contribution in [3.63, 3.8) is 0 Å². The van der Waals surface area contributed by atoms with Gasteiger partial charge in [-0.1, -0.05) is 24.3 Å². The van der Waals surface area contributed by atoms with Gasteiger partial charge in [0.25, 0.3) is 0 Å². The lowest BCUT2D eigenvalue weighted by Crippen LogP contribution is -2.37. The largest absolute Gasteiger partial charge is 0.378 e. The lowest BCUT2D eigenvalue weighted by molar-refractivity contribution is 0.122. The minimum absolute atomic E-state index is 0.700. The molecule has 128 valence electrons. The van der Waals surface area contributed by atoms with Gasteiger partial charge >= 0.3 is 0 Å². The Bertz CT molecular complexity index is 874. The first-order chi connectivity index (χ1) is 12.3. The summed E-state index contributed by atoms with van der Waals surface area (Å²) in [6, 6.07) is 14.5. The molecule has 0 saturated carbocycles. The molecule has 25 heavy (non-hydrogen) atoms. The van der Waals surface area contributed by atoms with E-state index >= 15 is 0 Å². The van der Waals surface area contributed by atoms with Crippen LogP contribution >= 0.6 is 0 Å². The number of nitrogens with zero attached hydrogens (tertiary/aromatic N) is 3. The predicted molar refractivity (Wildman–Crippen MR) is 101 cm³/mol. The molecule has 0 aliphatic carbocycles. The number of hydrogen-bond donors (Lipinski definition) is 1. The molecule has 0 atom stereocenters. The Morgan fingerprint density at radius 2 is 1.96 bits per heavy atom. The quantitative estimate of drug-likeness (QED) is 0.792. The molecule has 2 aromatic heterocycles. The fourth-order valence-corrected chi connectivity index (χ4v) is 3.25. The van der Waals surface area contributed by atoms with Gasteiger partial charge in [0, 0.05) is 36.8 Å². The minimum Gasteiger partial charge on any atom is -0.378 e. The van der Waals surface area contributed by atoms with Gasteiger partial charge in [-0.15, -0.1) is 0 Å². The molecule has 4 rings (SSSR count). The number of fused-ring (bicyclic) bond motifs is 1. The first-order valence-electron chi connectivity index (χ1n) is 8.68. The molecule has 5 heteroatoms. The third-order valence-corrected chi connectivity index (χ3v) is 4.56. The van der Waals surface area contributed by atoms with Crippen LogP contribution in [0.3, 0.4) is 0 Å². The molecule has 1 N–H and O–H groups in total. The van der Waals surface area contributed by atoms with Crippen LogP contribution < -0.4 is 10.2 Å². The highest BCUT2D eigenvalue weighted by Crippen LogP contribution is 2.22. The second-order valence-electron chi connectivity index (χ2n) is 6.28. The molecular formula is C20H22N4O. The SMILES string of the molecule is Cc1cc(NCc2cccnc2N2CCOCC2)nc2ccccc12. The number of hydrogen-bond acceptors (Lipinski definition) is 5. The molecule has 3 aromatic rings. The summed E-state index contributed by atoms with van der Waals surface area (Å²) in [6.45, 7) is 6.11. The Balaban J connectivity index is 1.55. The second-order valence-corrected chi connectivity index (χ2v) is 6.28. The van der Waals surface area contributed by atoms with E-state index in [9.17, 15) is 0 Å². The van der Waals surface area contributed by atoms with Gasteiger partial charge in [-0.25, -0.2) is 9.97 Å². The van der Waals surface area contributed by atoms with E-state index in [1.54, 1.807) is 0 Å². The van der Waals surface area contributed by atoms with Gasteiger partial charge in [-0.05, 0) is 30.7 Å². The van der Waals surface area contributed by atoms with Gasteiger partial charge in [-0.2, -0.15) is 0 Å². The topological polar surface area (TPSA) is 50.3 Å². The normalized spacial score (nSPS) is 14.7. The van der Waals surface area contributed by atoms with Crippen LogP contribution in [0, 0.1) is 6.92 Å². The van der Waals surface area contributed by atoms with Crippen molar-refractivity contribution in [2.75, 3.05) is 36.5 Å². The molecule has 1 aliphatic heterocycles. The van der Waals surface area contributed by atoms with E-state index in [2.05, 4.69) is 46.4 Å². The van der Waals surface area contributed by atoms with Crippen molar-refractivity contribution < 1.29 is 4.74 Å². The van der Waals surface area contributed by atoms with Gasteiger partial charge in [0.05, 0.1) is 18.7 Å². The number of nitrogens with one attached hydrogen (secondary N) is 1. The Kier molecular flexibility index (Phi) is 4.48. The average Bonchev–Trinajstić information content (AvgIpc) is 2.67. The van der Waals surface area contributed by atoms with Crippen molar-refractivity contribution >= 4 is 22.5 Å². The van der Waals surface area contributed by atoms with Crippen molar-refractivity contribution in [2.24, 2.45) is 0 Å². The van der Waals surface area contributed by atoms with E-state index in [0.717, 1.165) is 43.5 Å². The summed E-state index contributed by atoms with van der Waals surface area (Å²) in [5.74, 6) is 1.93. The van der Waals surface area contributed by atoms with Crippen LogP contribution in [0.1, 0.15) is 11.1 Å². The maximum atomic E-state index is 5.45. The molecule has 3 heterocycles. The van der Waals surface area contributed by atoms with E-state index in [4.69, 9.17) is 9.72 Å². The first-order valence-corrected chi connectivity index (χ1v) is 8.68. The number of aromatic nitrogens is 2. The Morgan fingerprint density at radius 3 is 2.84 bits per heavy atom. The smallest absolute Gasteiger partial charge is 0.133 e. The maximum Gasteiger partial charge on any atom is 0.133 e. The van der Waals surface area contributed by atoms with Crippen molar-refractivity contribution in [1.29, 1.82) is 0 Å². The van der Waals surface area contributed by atoms with Crippen LogP contribution in [0.15, 0.2) is 48.7 Å². The lowest BCUT2D eigenvalue weighted by Gasteiger charge is -2.29. The van der Waals surface area contributed by atoms with Gasteiger partial charge in [-0.3, -0.25) is 0 Å². The fourth-order valence-electron chi connectivity index (χ4n) is 3.25. The Labute approximate surface area is 147 Å². The maximum absolute atomic E-state index is 5.45. The molecular weight excluding hydrogens is 312 g/mol. The highest BCUT2D eigenvalue weighted by atomic mass is 16.5. The van der Waals surface area contributed by atoms with Crippen molar-refractivity contribution in [1.82, 2.24) is 9.97 Å². The summed E-state index contributed by atoms with van der Waals surface area (Å²) in [7, 11) is 0. The zero-order chi connectivity index (χ0) is 17.1.